The van der Waals surface area contributed by atoms with Gasteiger partial charge in [0.05, 0.1) is 5.01 Å². The van der Waals surface area contributed by atoms with Crippen molar-refractivity contribution < 1.29 is 0 Å². The number of nitrogens with one attached hydrogen (secondary N) is 1. The van der Waals surface area contributed by atoms with Crippen LogP contribution in [-0.4, -0.2) is 11.5 Å². The van der Waals surface area contributed by atoms with Crippen LogP contribution in [0.4, 0.5) is 0 Å². The number of nitrogens with zero attached hydrogens (tertiary/aromatic N) is 1. The highest BCUT2D eigenvalue weighted by Crippen LogP contribution is 2.25. The smallest absolute Gasteiger partial charge is 0.0897 e. The lowest BCUT2D eigenvalue weighted by Gasteiger charge is -2.15. The van der Waals surface area contributed by atoms with Crippen molar-refractivity contribution in [3.8, 4) is 0 Å². The zero-order chi connectivity index (χ0) is 12.1. The Hall–Kier alpha value is -0.710. The average molecular weight is 266 g/mol. The third-order valence-corrected chi connectivity index (χ3v) is 4.53. The van der Waals surface area contributed by atoms with Crippen LogP contribution in [-0.2, 0) is 6.42 Å². The Bertz CT molecular complexity index is 434. The summed E-state index contributed by atoms with van der Waals surface area (Å²) in [5.41, 5.74) is 0. The van der Waals surface area contributed by atoms with Crippen molar-refractivity contribution in [1.29, 1.82) is 0 Å². The fourth-order valence-corrected chi connectivity index (χ4v) is 3.37. The predicted octanol–water partition coefficient (Wildman–Crippen LogP) is 3.80. The molecule has 2 rings (SSSR count). The van der Waals surface area contributed by atoms with Gasteiger partial charge >= 0.3 is 0 Å². The number of hydrogen-bond acceptors (Lipinski definition) is 4. The number of thiazole rings is 1. The van der Waals surface area contributed by atoms with E-state index in [2.05, 4.69) is 41.7 Å². The minimum atomic E-state index is 0.416. The van der Waals surface area contributed by atoms with Crippen LogP contribution in [0.1, 0.15) is 34.1 Å². The van der Waals surface area contributed by atoms with Gasteiger partial charge in [-0.05, 0) is 31.3 Å². The van der Waals surface area contributed by atoms with Crippen molar-refractivity contribution >= 4 is 22.7 Å². The van der Waals surface area contributed by atoms with Gasteiger partial charge in [-0.25, -0.2) is 4.98 Å². The maximum absolute atomic E-state index is 4.36. The molecule has 17 heavy (non-hydrogen) atoms. The van der Waals surface area contributed by atoms with Gasteiger partial charge in [-0.3, -0.25) is 0 Å². The minimum Gasteiger partial charge on any atom is -0.309 e. The van der Waals surface area contributed by atoms with E-state index in [1.165, 1.54) is 16.2 Å². The van der Waals surface area contributed by atoms with Crippen LogP contribution >= 0.6 is 22.7 Å². The first-order valence-corrected chi connectivity index (χ1v) is 7.67. The second-order valence-corrected chi connectivity index (χ2v) is 6.37. The Morgan fingerprint density at radius 3 is 2.94 bits per heavy atom. The van der Waals surface area contributed by atoms with Crippen LogP contribution in [0.2, 0.25) is 0 Å². The summed E-state index contributed by atoms with van der Waals surface area (Å²) >= 11 is 3.63. The molecule has 0 spiro atoms. The first kappa shape index (κ1) is 12.7. The molecule has 0 aliphatic heterocycles. The molecule has 0 saturated carbocycles. The summed E-state index contributed by atoms with van der Waals surface area (Å²) in [5.74, 6) is 0. The predicted molar refractivity (Wildman–Crippen MR) is 75.9 cm³/mol. The van der Waals surface area contributed by atoms with Crippen LogP contribution < -0.4 is 5.32 Å². The molecule has 2 aromatic rings. The molecule has 92 valence electrons. The second kappa shape index (κ2) is 6.28. The molecule has 0 aliphatic rings. The van der Waals surface area contributed by atoms with Crippen LogP contribution in [0.3, 0.4) is 0 Å². The lowest BCUT2D eigenvalue weighted by molar-refractivity contribution is 0.539. The molecule has 1 unspecified atom stereocenters. The molecule has 0 aliphatic carbocycles. The third-order valence-electron chi connectivity index (χ3n) is 2.61. The van der Waals surface area contributed by atoms with E-state index < -0.39 is 0 Å². The SMILES string of the molecule is CCCNC(Cc1cccs1)c1cnc(C)s1. The van der Waals surface area contributed by atoms with Gasteiger partial charge < -0.3 is 5.32 Å². The summed E-state index contributed by atoms with van der Waals surface area (Å²) in [4.78, 5) is 7.14. The number of hydrogen-bond donors (Lipinski definition) is 1. The van der Waals surface area contributed by atoms with Gasteiger partial charge in [-0.2, -0.15) is 0 Å². The van der Waals surface area contributed by atoms with Gasteiger partial charge in [0.15, 0.2) is 0 Å². The lowest BCUT2D eigenvalue weighted by Crippen LogP contribution is -2.23. The highest BCUT2D eigenvalue weighted by Gasteiger charge is 2.14. The number of aryl methyl sites for hydroxylation is 1. The fraction of sp³-hybridized carbons (Fsp3) is 0.462. The molecule has 1 N–H and O–H groups in total. The van der Waals surface area contributed by atoms with E-state index in [0.29, 0.717) is 6.04 Å². The Morgan fingerprint density at radius 1 is 1.47 bits per heavy atom. The average Bonchev–Trinajstić information content (AvgIpc) is 2.95. The van der Waals surface area contributed by atoms with Crippen LogP contribution in [0.25, 0.3) is 0 Å². The van der Waals surface area contributed by atoms with E-state index in [1.54, 1.807) is 11.3 Å². The quantitative estimate of drug-likeness (QED) is 0.860. The Balaban J connectivity index is 2.07. The molecule has 0 amide bonds. The molecule has 4 heteroatoms. The summed E-state index contributed by atoms with van der Waals surface area (Å²) in [6, 6.07) is 4.74. The zero-order valence-corrected chi connectivity index (χ0v) is 11.9. The van der Waals surface area contributed by atoms with Gasteiger partial charge in [0.25, 0.3) is 0 Å². The molecule has 0 radical (unpaired) electrons. The number of aromatic nitrogens is 1. The molecule has 0 saturated heterocycles. The molecule has 1 atom stereocenters. The monoisotopic (exact) mass is 266 g/mol. The molecule has 0 aromatic carbocycles. The topological polar surface area (TPSA) is 24.9 Å². The van der Waals surface area contributed by atoms with Crippen molar-refractivity contribution in [2.45, 2.75) is 32.7 Å². The highest BCUT2D eigenvalue weighted by atomic mass is 32.1. The second-order valence-electron chi connectivity index (χ2n) is 4.07. The summed E-state index contributed by atoms with van der Waals surface area (Å²) < 4.78 is 0. The van der Waals surface area contributed by atoms with Crippen molar-refractivity contribution in [3.05, 3.63) is 38.5 Å². The van der Waals surface area contributed by atoms with Crippen LogP contribution in [0, 0.1) is 6.92 Å². The molecule has 2 heterocycles. The van der Waals surface area contributed by atoms with Crippen LogP contribution in [0.5, 0.6) is 0 Å². The molecule has 2 nitrogen and oxygen atoms in total. The van der Waals surface area contributed by atoms with Gasteiger partial charge in [-0.15, -0.1) is 22.7 Å². The van der Waals surface area contributed by atoms with Gasteiger partial charge in [0.2, 0.25) is 0 Å². The normalized spacial score (nSPS) is 12.8. The van der Waals surface area contributed by atoms with E-state index in [0.717, 1.165) is 18.0 Å². The maximum Gasteiger partial charge on any atom is 0.0897 e. The molecular formula is C13H18N2S2. The van der Waals surface area contributed by atoms with Crippen molar-refractivity contribution in [3.63, 3.8) is 0 Å². The lowest BCUT2D eigenvalue weighted by atomic mass is 10.1. The summed E-state index contributed by atoms with van der Waals surface area (Å²) in [5, 5.41) is 6.91. The molecular weight excluding hydrogens is 248 g/mol. The van der Waals surface area contributed by atoms with E-state index in [1.807, 2.05) is 17.5 Å². The van der Waals surface area contributed by atoms with Gasteiger partial charge in [0, 0.05) is 28.4 Å². The first-order chi connectivity index (χ1) is 8.29. The largest absolute Gasteiger partial charge is 0.309 e. The van der Waals surface area contributed by atoms with E-state index in [9.17, 15) is 0 Å². The van der Waals surface area contributed by atoms with Crippen molar-refractivity contribution in [1.82, 2.24) is 10.3 Å². The van der Waals surface area contributed by atoms with E-state index in [4.69, 9.17) is 0 Å². The number of rotatable bonds is 6. The first-order valence-electron chi connectivity index (χ1n) is 5.97. The van der Waals surface area contributed by atoms with E-state index >= 15 is 0 Å². The zero-order valence-electron chi connectivity index (χ0n) is 10.3. The van der Waals surface area contributed by atoms with E-state index in [-0.39, 0.29) is 0 Å². The van der Waals surface area contributed by atoms with Gasteiger partial charge in [0.1, 0.15) is 0 Å². The molecule has 0 bridgehead atoms. The van der Waals surface area contributed by atoms with Crippen LogP contribution in [0.15, 0.2) is 23.7 Å². The Morgan fingerprint density at radius 2 is 2.35 bits per heavy atom. The summed E-state index contributed by atoms with van der Waals surface area (Å²) in [7, 11) is 0. The molecule has 0 fully saturated rings. The minimum absolute atomic E-state index is 0.416. The highest BCUT2D eigenvalue weighted by molar-refractivity contribution is 7.11. The van der Waals surface area contributed by atoms with Crippen molar-refractivity contribution in [2.24, 2.45) is 0 Å². The Kier molecular flexibility index (Phi) is 4.71. The Labute approximate surface area is 111 Å². The number of thiophene rings is 1. The fourth-order valence-electron chi connectivity index (χ4n) is 1.76. The molecule has 2 aromatic heterocycles. The standard InChI is InChI=1S/C13H18N2S2/c1-3-6-14-12(8-11-5-4-7-16-11)13-9-15-10(2)17-13/h4-5,7,9,12,14H,3,6,8H2,1-2H3. The maximum atomic E-state index is 4.36. The summed E-state index contributed by atoms with van der Waals surface area (Å²) in [6.07, 6.45) is 4.25. The van der Waals surface area contributed by atoms with Gasteiger partial charge in [-0.1, -0.05) is 13.0 Å². The third kappa shape index (κ3) is 3.63. The van der Waals surface area contributed by atoms with Crippen molar-refractivity contribution in [2.75, 3.05) is 6.54 Å². The summed E-state index contributed by atoms with van der Waals surface area (Å²) in [6.45, 7) is 5.33.